The van der Waals surface area contributed by atoms with Crippen molar-refractivity contribution in [3.8, 4) is 6.07 Å². The van der Waals surface area contributed by atoms with Crippen LogP contribution in [0.5, 0.6) is 0 Å². The lowest BCUT2D eigenvalue weighted by molar-refractivity contribution is -0.150. The topological polar surface area (TPSA) is 139 Å². The van der Waals surface area contributed by atoms with Crippen molar-refractivity contribution in [2.75, 3.05) is 17.3 Å². The minimum atomic E-state index is -1.14. The third-order valence-electron chi connectivity index (χ3n) is 4.13. The van der Waals surface area contributed by atoms with Gasteiger partial charge in [0.05, 0.1) is 18.0 Å². The zero-order valence-corrected chi connectivity index (χ0v) is 17.5. The first-order chi connectivity index (χ1) is 14.0. The number of nitriles is 1. The average Bonchev–Trinajstić information content (AvgIpc) is 3.22. The van der Waals surface area contributed by atoms with Gasteiger partial charge in [-0.05, 0) is 17.4 Å². The van der Waals surface area contributed by atoms with Gasteiger partial charge in [0.2, 0.25) is 5.91 Å². The summed E-state index contributed by atoms with van der Waals surface area (Å²) in [4.78, 5) is 38.3. The number of H-pyrrole nitrogens is 1. The lowest BCUT2D eigenvalue weighted by Crippen LogP contribution is -2.70. The Labute approximate surface area is 179 Å². The van der Waals surface area contributed by atoms with Gasteiger partial charge in [-0.15, -0.1) is 35.3 Å². The first-order valence-corrected chi connectivity index (χ1v) is 11.6. The number of rotatable bonds is 9. The van der Waals surface area contributed by atoms with Gasteiger partial charge in [0.1, 0.15) is 17.1 Å². The molecule has 2 atom stereocenters. The molecular formula is C17H17N5O4S3. The molecule has 3 N–H and O–H groups in total. The molecule has 1 fully saturated rings. The van der Waals surface area contributed by atoms with E-state index < -0.39 is 23.3 Å². The predicted molar refractivity (Wildman–Crippen MR) is 112 cm³/mol. The summed E-state index contributed by atoms with van der Waals surface area (Å²) in [5.74, 6) is -0.673. The van der Waals surface area contributed by atoms with Crippen LogP contribution in [0.15, 0.2) is 34.5 Å². The molecule has 1 saturated heterocycles. The van der Waals surface area contributed by atoms with E-state index in [0.717, 1.165) is 23.7 Å². The van der Waals surface area contributed by atoms with E-state index in [1.165, 1.54) is 39.9 Å². The number of hydrogen-bond donors (Lipinski definition) is 3. The Kier molecular flexibility index (Phi) is 7.29. The minimum absolute atomic E-state index is 0.00720. The van der Waals surface area contributed by atoms with Crippen LogP contribution in [-0.4, -0.2) is 66.7 Å². The van der Waals surface area contributed by atoms with Crippen LogP contribution in [0.2, 0.25) is 0 Å². The Hall–Kier alpha value is -2.36. The summed E-state index contributed by atoms with van der Waals surface area (Å²) in [6.07, 6.45) is 5.51. The summed E-state index contributed by atoms with van der Waals surface area (Å²) < 4.78 is 0. The van der Waals surface area contributed by atoms with Crippen molar-refractivity contribution >= 4 is 53.1 Å². The number of nitrogens with zero attached hydrogens (tertiary/aromatic N) is 3. The smallest absolute Gasteiger partial charge is 0.353 e. The summed E-state index contributed by atoms with van der Waals surface area (Å²) in [5.41, 5.74) is 1.04. The van der Waals surface area contributed by atoms with Gasteiger partial charge in [-0.25, -0.2) is 4.79 Å². The molecule has 0 unspecified atom stereocenters. The fraction of sp³-hybridized carbons (Fsp3) is 0.353. The van der Waals surface area contributed by atoms with Crippen molar-refractivity contribution in [2.45, 2.75) is 17.8 Å². The van der Waals surface area contributed by atoms with Crippen molar-refractivity contribution in [2.24, 2.45) is 0 Å². The molecule has 2 amide bonds. The number of β-lactam (4-membered cyclic amide) rings is 1. The number of thioether (sulfide) groups is 3. The molecule has 0 saturated carbocycles. The van der Waals surface area contributed by atoms with Crippen LogP contribution in [0, 0.1) is 11.3 Å². The van der Waals surface area contributed by atoms with Crippen LogP contribution in [-0.2, 0) is 20.8 Å². The van der Waals surface area contributed by atoms with Crippen LogP contribution in [0.25, 0.3) is 0 Å². The highest BCUT2D eigenvalue weighted by Crippen LogP contribution is 2.43. The van der Waals surface area contributed by atoms with Gasteiger partial charge in [0.15, 0.2) is 0 Å². The highest BCUT2D eigenvalue weighted by molar-refractivity contribution is 8.06. The maximum atomic E-state index is 12.5. The Morgan fingerprint density at radius 2 is 2.38 bits per heavy atom. The summed E-state index contributed by atoms with van der Waals surface area (Å²) >= 11 is 4.01. The molecule has 0 bridgehead atoms. The number of nitrogens with one attached hydrogen (secondary N) is 2. The van der Waals surface area contributed by atoms with Crippen LogP contribution < -0.4 is 5.32 Å². The molecule has 152 valence electrons. The molecule has 2 aliphatic heterocycles. The largest absolute Gasteiger partial charge is 0.477 e. The number of fused-ring (bicyclic) bond motifs is 1. The zero-order chi connectivity index (χ0) is 20.8. The number of carboxylic acids is 1. The van der Waals surface area contributed by atoms with E-state index in [1.807, 2.05) is 6.07 Å². The third kappa shape index (κ3) is 4.98. The number of carbonyl (C=O) groups excluding carboxylic acids is 2. The van der Waals surface area contributed by atoms with E-state index in [-0.39, 0.29) is 17.4 Å². The predicted octanol–water partition coefficient (Wildman–Crippen LogP) is 1.15. The standard InChI is InChI=1S/C17H17N5O4S3/c18-3-1-4-27-9-12(23)21-13-15(24)22-14(17(25)26)11(8-29-16(13)22)28-5-2-10-6-19-20-7-10/h1,4,6-7,13,16H,2,5,8-9H2,(H,19,20)(H,21,23)(H,25,26)/b4-1-/t13-,16-/m1/s1. The molecule has 29 heavy (non-hydrogen) atoms. The third-order valence-corrected chi connectivity index (χ3v) is 7.44. The fourth-order valence-electron chi connectivity index (χ4n) is 2.83. The van der Waals surface area contributed by atoms with E-state index in [1.54, 1.807) is 12.4 Å². The number of aryl methyl sites for hydroxylation is 1. The Bertz CT molecular complexity index is 893. The van der Waals surface area contributed by atoms with E-state index in [9.17, 15) is 19.5 Å². The molecular weight excluding hydrogens is 434 g/mol. The zero-order valence-electron chi connectivity index (χ0n) is 15.0. The van der Waals surface area contributed by atoms with Gasteiger partial charge in [-0.3, -0.25) is 19.6 Å². The molecule has 0 aliphatic carbocycles. The van der Waals surface area contributed by atoms with Crippen molar-refractivity contribution in [3.63, 3.8) is 0 Å². The van der Waals surface area contributed by atoms with Crippen molar-refractivity contribution in [1.29, 1.82) is 5.26 Å². The number of hydrogen-bond acceptors (Lipinski definition) is 8. The molecule has 0 radical (unpaired) electrons. The minimum Gasteiger partial charge on any atom is -0.477 e. The van der Waals surface area contributed by atoms with Crippen molar-refractivity contribution in [3.05, 3.63) is 40.0 Å². The molecule has 1 aromatic rings. The number of carboxylic acid groups (broad SMARTS) is 1. The number of aromatic amines is 1. The number of carbonyl (C=O) groups is 3. The van der Waals surface area contributed by atoms with Crippen molar-refractivity contribution < 1.29 is 19.5 Å². The summed E-state index contributed by atoms with van der Waals surface area (Å²) in [6, 6.07) is 1.09. The van der Waals surface area contributed by atoms with Gasteiger partial charge >= 0.3 is 5.97 Å². The Morgan fingerprint density at radius 3 is 3.07 bits per heavy atom. The second-order valence-electron chi connectivity index (χ2n) is 5.98. The summed E-state index contributed by atoms with van der Waals surface area (Å²) in [5, 5.41) is 28.4. The Balaban J connectivity index is 1.60. The normalized spacial score (nSPS) is 20.9. The quantitative estimate of drug-likeness (QED) is 0.373. The molecule has 3 heterocycles. The van der Waals surface area contributed by atoms with Gasteiger partial charge in [0.25, 0.3) is 5.91 Å². The molecule has 2 aliphatic rings. The van der Waals surface area contributed by atoms with Gasteiger partial charge in [0, 0.05) is 28.7 Å². The maximum Gasteiger partial charge on any atom is 0.353 e. The number of aromatic nitrogens is 2. The second kappa shape index (κ2) is 9.91. The van der Waals surface area contributed by atoms with E-state index in [4.69, 9.17) is 5.26 Å². The summed E-state index contributed by atoms with van der Waals surface area (Å²) in [6.45, 7) is 0. The van der Waals surface area contributed by atoms with Gasteiger partial charge in [-0.1, -0.05) is 0 Å². The van der Waals surface area contributed by atoms with Gasteiger partial charge in [-0.2, -0.15) is 10.4 Å². The molecule has 12 heteroatoms. The van der Waals surface area contributed by atoms with Gasteiger partial charge < -0.3 is 10.4 Å². The Morgan fingerprint density at radius 1 is 1.55 bits per heavy atom. The van der Waals surface area contributed by atoms with Crippen LogP contribution in [0.4, 0.5) is 0 Å². The lowest BCUT2D eigenvalue weighted by Gasteiger charge is -2.49. The molecule has 0 aromatic carbocycles. The SMILES string of the molecule is N#C/C=C\SCC(=O)N[C@@H]1C(=O)N2C(C(=O)O)=C(SCCc3cn[nH]c3)CS[C@H]12. The van der Waals surface area contributed by atoms with E-state index in [0.29, 0.717) is 16.4 Å². The highest BCUT2D eigenvalue weighted by Gasteiger charge is 2.54. The molecule has 3 rings (SSSR count). The van der Waals surface area contributed by atoms with Crippen LogP contribution in [0.1, 0.15) is 5.56 Å². The number of amides is 2. The first-order valence-electron chi connectivity index (χ1n) is 8.50. The van der Waals surface area contributed by atoms with Crippen molar-refractivity contribution in [1.82, 2.24) is 20.4 Å². The molecule has 9 nitrogen and oxygen atoms in total. The summed E-state index contributed by atoms with van der Waals surface area (Å²) in [7, 11) is 0. The fourth-order valence-corrected chi connectivity index (χ4v) is 5.95. The molecule has 0 spiro atoms. The number of aliphatic carboxylic acids is 1. The maximum absolute atomic E-state index is 12.5. The average molecular weight is 452 g/mol. The van der Waals surface area contributed by atoms with Crippen LogP contribution in [0.3, 0.4) is 0 Å². The van der Waals surface area contributed by atoms with Crippen LogP contribution >= 0.6 is 35.3 Å². The van der Waals surface area contributed by atoms with E-state index >= 15 is 0 Å². The number of allylic oxidation sites excluding steroid dienone is 1. The lowest BCUT2D eigenvalue weighted by atomic mass is 10.1. The molecule has 1 aromatic heterocycles. The second-order valence-corrected chi connectivity index (χ2v) is 9.17. The highest BCUT2D eigenvalue weighted by atomic mass is 32.2. The first kappa shape index (κ1) is 21.4. The monoisotopic (exact) mass is 451 g/mol. The van der Waals surface area contributed by atoms with E-state index in [2.05, 4.69) is 15.5 Å².